The van der Waals surface area contributed by atoms with Gasteiger partial charge in [-0.3, -0.25) is 19.7 Å². The number of ether oxygens (including phenoxy) is 2. The van der Waals surface area contributed by atoms with Crippen molar-refractivity contribution in [2.75, 3.05) is 25.4 Å². The number of esters is 2. The summed E-state index contributed by atoms with van der Waals surface area (Å²) >= 11 is 1.43. The highest BCUT2D eigenvalue weighted by Gasteiger charge is 2.55. The Morgan fingerprint density at radius 1 is 1.14 bits per heavy atom. The predicted octanol–water partition coefficient (Wildman–Crippen LogP) is 2.07. The smallest absolute Gasteiger partial charge is 0.356 e. The molecule has 3 aliphatic rings. The van der Waals surface area contributed by atoms with Crippen LogP contribution in [0, 0.1) is 0 Å². The zero-order valence-corrected chi connectivity index (χ0v) is 20.9. The average molecular weight is 523 g/mol. The summed E-state index contributed by atoms with van der Waals surface area (Å²) in [7, 11) is 0. The Labute approximate surface area is 217 Å². The fourth-order valence-corrected chi connectivity index (χ4v) is 5.74. The van der Waals surface area contributed by atoms with E-state index in [4.69, 9.17) is 9.47 Å². The number of β-lactam (4-membered cyclic amide) rings is 1. The van der Waals surface area contributed by atoms with E-state index in [2.05, 4.69) is 10.3 Å². The van der Waals surface area contributed by atoms with Gasteiger partial charge in [0, 0.05) is 18.2 Å². The van der Waals surface area contributed by atoms with E-state index in [9.17, 15) is 19.6 Å². The molecule has 0 bridgehead atoms. The normalized spacial score (nSPS) is 20.8. The standard InChI is InChI=1S/C26H26N4O6S/c1-16(31)35-14-19-15-37-24-20(28-26-27-12-13-29(26)34)23(32)30(24)21(19)25(33)36-22(17-8-4-2-5-9-17)18-10-6-3-7-11-18/h2-11,20,22,24,34H,12-15H2,1H3,(H,27,28)/t20?,24-/m1/s1. The van der Waals surface area contributed by atoms with Crippen LogP contribution in [0.4, 0.5) is 0 Å². The maximum atomic E-state index is 13.7. The zero-order valence-electron chi connectivity index (χ0n) is 20.1. The molecular weight excluding hydrogens is 496 g/mol. The highest BCUT2D eigenvalue weighted by atomic mass is 32.2. The number of carbonyl (C=O) groups excluding carboxylic acids is 3. The van der Waals surface area contributed by atoms with E-state index in [0.29, 0.717) is 24.4 Å². The number of guanidine groups is 1. The average Bonchev–Trinajstić information content (AvgIpc) is 3.33. The molecule has 0 radical (unpaired) electrons. The minimum Gasteiger partial charge on any atom is -0.461 e. The summed E-state index contributed by atoms with van der Waals surface area (Å²) in [5.74, 6) is -0.940. The molecule has 3 aliphatic heterocycles. The van der Waals surface area contributed by atoms with Gasteiger partial charge in [0.15, 0.2) is 6.10 Å². The van der Waals surface area contributed by atoms with Gasteiger partial charge in [-0.25, -0.2) is 14.9 Å². The summed E-state index contributed by atoms with van der Waals surface area (Å²) in [6.45, 7) is 1.93. The molecule has 2 atom stereocenters. The lowest BCUT2D eigenvalue weighted by Gasteiger charge is -2.50. The second-order valence-electron chi connectivity index (χ2n) is 8.70. The number of fused-ring (bicyclic) bond motifs is 1. The van der Waals surface area contributed by atoms with Crippen LogP contribution in [0.5, 0.6) is 0 Å². The zero-order chi connectivity index (χ0) is 25.9. The van der Waals surface area contributed by atoms with E-state index in [1.807, 2.05) is 60.7 Å². The minimum absolute atomic E-state index is 0.0825. The number of hydroxylamine groups is 2. The largest absolute Gasteiger partial charge is 0.461 e. The van der Waals surface area contributed by atoms with Crippen LogP contribution >= 0.6 is 11.8 Å². The van der Waals surface area contributed by atoms with Crippen molar-refractivity contribution < 1.29 is 29.1 Å². The van der Waals surface area contributed by atoms with Crippen molar-refractivity contribution in [1.29, 1.82) is 0 Å². The Bertz CT molecular complexity index is 1210. The molecule has 37 heavy (non-hydrogen) atoms. The topological polar surface area (TPSA) is 121 Å². The molecule has 1 fully saturated rings. The lowest BCUT2D eigenvalue weighted by atomic mass is 10.0. The van der Waals surface area contributed by atoms with Gasteiger partial charge in [0.1, 0.15) is 23.7 Å². The first-order valence-corrected chi connectivity index (χ1v) is 12.9. The molecule has 0 aromatic heterocycles. The van der Waals surface area contributed by atoms with Gasteiger partial charge in [0.2, 0.25) is 5.96 Å². The monoisotopic (exact) mass is 522 g/mol. The molecule has 0 spiro atoms. The van der Waals surface area contributed by atoms with Gasteiger partial charge in [0.05, 0.1) is 13.1 Å². The number of aliphatic imine (C=N–C) groups is 1. The van der Waals surface area contributed by atoms with Crippen molar-refractivity contribution in [3.8, 4) is 0 Å². The van der Waals surface area contributed by atoms with Crippen molar-refractivity contribution in [1.82, 2.24) is 15.3 Å². The number of thioether (sulfide) groups is 1. The first-order valence-electron chi connectivity index (χ1n) is 11.8. The molecule has 0 aliphatic carbocycles. The lowest BCUT2D eigenvalue weighted by molar-refractivity contribution is -0.154. The fraction of sp³-hybridized carbons (Fsp3) is 0.308. The second kappa shape index (κ2) is 10.7. The molecule has 2 aromatic carbocycles. The SMILES string of the molecule is CC(=O)OCC1=C(C(=O)OC(c2ccccc2)c2ccccc2)N2C(=O)C(NC3=NCCN3O)[C@H]2SC1. The molecule has 2 N–H and O–H groups in total. The third-order valence-corrected chi connectivity index (χ3v) is 7.56. The molecular formula is C26H26N4O6S. The van der Waals surface area contributed by atoms with Crippen LogP contribution in [0.3, 0.4) is 0 Å². The first kappa shape index (κ1) is 24.8. The fourth-order valence-electron chi connectivity index (χ4n) is 4.42. The molecule has 1 unspecified atom stereocenters. The van der Waals surface area contributed by atoms with Gasteiger partial charge in [-0.05, 0) is 11.1 Å². The predicted molar refractivity (Wildman–Crippen MR) is 135 cm³/mol. The van der Waals surface area contributed by atoms with E-state index < -0.39 is 29.5 Å². The molecule has 2 aromatic rings. The highest BCUT2D eigenvalue weighted by molar-refractivity contribution is 8.00. The van der Waals surface area contributed by atoms with E-state index in [0.717, 1.165) is 16.2 Å². The van der Waals surface area contributed by atoms with Crippen molar-refractivity contribution >= 4 is 35.6 Å². The number of benzene rings is 2. The van der Waals surface area contributed by atoms with E-state index >= 15 is 0 Å². The molecule has 5 rings (SSSR count). The Morgan fingerprint density at radius 2 is 1.78 bits per heavy atom. The molecule has 1 saturated heterocycles. The number of hydrogen-bond donors (Lipinski definition) is 2. The van der Waals surface area contributed by atoms with Gasteiger partial charge in [-0.1, -0.05) is 60.7 Å². The third-order valence-electron chi connectivity index (χ3n) is 6.22. The summed E-state index contributed by atoms with van der Waals surface area (Å²) in [5.41, 5.74) is 2.14. The summed E-state index contributed by atoms with van der Waals surface area (Å²) in [4.78, 5) is 44.1. The minimum atomic E-state index is -0.702. The van der Waals surface area contributed by atoms with Gasteiger partial charge < -0.3 is 14.8 Å². The maximum absolute atomic E-state index is 13.7. The summed E-state index contributed by atoms with van der Waals surface area (Å²) in [6, 6.07) is 18.0. The van der Waals surface area contributed by atoms with E-state index in [1.54, 1.807) is 0 Å². The van der Waals surface area contributed by atoms with Gasteiger partial charge in [0.25, 0.3) is 5.91 Å². The van der Waals surface area contributed by atoms with Crippen LogP contribution in [0.2, 0.25) is 0 Å². The molecule has 0 saturated carbocycles. The van der Waals surface area contributed by atoms with Crippen molar-refractivity contribution in [2.45, 2.75) is 24.4 Å². The second-order valence-corrected chi connectivity index (χ2v) is 9.80. The number of amides is 1. The van der Waals surface area contributed by atoms with Crippen LogP contribution in [0.15, 0.2) is 76.9 Å². The van der Waals surface area contributed by atoms with Crippen molar-refractivity contribution in [3.63, 3.8) is 0 Å². The van der Waals surface area contributed by atoms with E-state index in [-0.39, 0.29) is 24.2 Å². The number of hydrogen-bond acceptors (Lipinski definition) is 10. The Hall–Kier alpha value is -3.83. The van der Waals surface area contributed by atoms with E-state index in [1.165, 1.54) is 23.6 Å². The Kier molecular flexibility index (Phi) is 7.15. The highest BCUT2D eigenvalue weighted by Crippen LogP contribution is 2.41. The number of nitrogens with one attached hydrogen (secondary N) is 1. The number of carbonyl (C=O) groups is 3. The molecule has 11 heteroatoms. The number of nitrogens with zero attached hydrogens (tertiary/aromatic N) is 3. The summed E-state index contributed by atoms with van der Waals surface area (Å²) < 4.78 is 11.3. The van der Waals surface area contributed by atoms with Crippen LogP contribution in [-0.2, 0) is 23.9 Å². The quantitative estimate of drug-likeness (QED) is 0.416. The van der Waals surface area contributed by atoms with Crippen LogP contribution in [0.1, 0.15) is 24.2 Å². The third kappa shape index (κ3) is 5.05. The number of rotatable bonds is 7. The van der Waals surface area contributed by atoms with Gasteiger partial charge in [-0.15, -0.1) is 11.8 Å². The summed E-state index contributed by atoms with van der Waals surface area (Å²) in [5, 5.41) is 13.5. The van der Waals surface area contributed by atoms with Gasteiger partial charge in [-0.2, -0.15) is 0 Å². The Morgan fingerprint density at radius 3 is 2.35 bits per heavy atom. The van der Waals surface area contributed by atoms with Crippen LogP contribution in [-0.4, -0.2) is 75.8 Å². The van der Waals surface area contributed by atoms with Crippen LogP contribution < -0.4 is 5.32 Å². The molecule has 1 amide bonds. The van der Waals surface area contributed by atoms with Crippen LogP contribution in [0.25, 0.3) is 0 Å². The maximum Gasteiger partial charge on any atom is 0.356 e. The molecule has 192 valence electrons. The summed E-state index contributed by atoms with van der Waals surface area (Å²) in [6.07, 6.45) is -0.702. The lowest BCUT2D eigenvalue weighted by Crippen LogP contribution is -2.71. The first-order chi connectivity index (χ1) is 17.9. The Balaban J connectivity index is 1.44. The van der Waals surface area contributed by atoms with Crippen molar-refractivity contribution in [3.05, 3.63) is 83.1 Å². The van der Waals surface area contributed by atoms with Crippen molar-refractivity contribution in [2.24, 2.45) is 4.99 Å². The van der Waals surface area contributed by atoms with Gasteiger partial charge >= 0.3 is 11.9 Å². The molecule has 3 heterocycles. The molecule has 10 nitrogen and oxygen atoms in total.